The summed E-state index contributed by atoms with van der Waals surface area (Å²) in [6.07, 6.45) is 2.78. The van der Waals surface area contributed by atoms with Crippen LogP contribution in [0, 0.1) is 5.92 Å². The molecule has 12 nitrogen and oxygen atoms in total. The number of aryl methyl sites for hydroxylation is 1. The zero-order valence-electron chi connectivity index (χ0n) is 24.6. The highest BCUT2D eigenvalue weighted by atomic mass is 35.5. The molecule has 44 heavy (non-hydrogen) atoms. The molecular weight excluding hydrogens is 592 g/mol. The lowest BCUT2D eigenvalue weighted by Gasteiger charge is -2.34. The number of para-hydroxylation sites is 1. The number of nitrogens with zero attached hydrogens (tertiary/aromatic N) is 1. The third kappa shape index (κ3) is 7.57. The number of nitrogens with two attached hydrogens (primary N) is 2. The molecule has 0 radical (unpaired) electrons. The minimum absolute atomic E-state index is 0.0876. The van der Waals surface area contributed by atoms with Gasteiger partial charge in [-0.25, -0.2) is 5.84 Å². The van der Waals surface area contributed by atoms with Crippen LogP contribution in [-0.4, -0.2) is 47.1 Å². The van der Waals surface area contributed by atoms with E-state index in [0.29, 0.717) is 52.4 Å². The number of methoxy groups -OCH3 is 3. The maximum Gasteiger partial charge on any atom is 0.293 e. The van der Waals surface area contributed by atoms with Gasteiger partial charge in [0.25, 0.3) is 12.4 Å². The van der Waals surface area contributed by atoms with Crippen molar-refractivity contribution in [3.05, 3.63) is 82.6 Å². The van der Waals surface area contributed by atoms with E-state index in [4.69, 9.17) is 51.6 Å². The first-order chi connectivity index (χ1) is 21.3. The maximum absolute atomic E-state index is 12.9. The molecule has 3 aromatic rings. The number of nitrogens with one attached hydrogen (secondary N) is 1. The normalized spacial score (nSPS) is 16.4. The van der Waals surface area contributed by atoms with Gasteiger partial charge < -0.3 is 39.5 Å². The fourth-order valence-corrected chi connectivity index (χ4v) is 5.15. The fourth-order valence-electron chi connectivity index (χ4n) is 4.97. The largest absolute Gasteiger partial charge is 0.493 e. The summed E-state index contributed by atoms with van der Waals surface area (Å²) in [4.78, 5) is 23.7. The van der Waals surface area contributed by atoms with Gasteiger partial charge in [-0.3, -0.25) is 14.6 Å². The highest BCUT2D eigenvalue weighted by Crippen LogP contribution is 2.42. The van der Waals surface area contributed by atoms with E-state index in [0.717, 1.165) is 17.5 Å². The van der Waals surface area contributed by atoms with Crippen LogP contribution >= 0.6 is 11.6 Å². The number of hydrogen-bond donors (Lipinski definition) is 3. The number of hydrazine groups is 1. The summed E-state index contributed by atoms with van der Waals surface area (Å²) in [6, 6.07) is 15.7. The van der Waals surface area contributed by atoms with Crippen molar-refractivity contribution >= 4 is 29.7 Å². The molecule has 0 aromatic heterocycles. The molecule has 0 saturated carbocycles. The SMILES string of the molecule is COc1cccc(OC)c1OC.N/C(=C\N(N)c1cccc(Cl)c1)C(=O)NC1c2cc3c(cc2CCC1COC=O)OCO3. The Hall–Kier alpha value is -4.81. The molecule has 1 aliphatic carbocycles. The lowest BCUT2D eigenvalue weighted by molar-refractivity contribution is -0.130. The molecule has 1 amide bonds. The van der Waals surface area contributed by atoms with Gasteiger partial charge in [0.15, 0.2) is 23.0 Å². The van der Waals surface area contributed by atoms with Crippen LogP contribution in [0.3, 0.4) is 0 Å². The Morgan fingerprint density at radius 1 is 1.05 bits per heavy atom. The van der Waals surface area contributed by atoms with Gasteiger partial charge in [0.05, 0.1) is 39.7 Å². The average Bonchev–Trinajstić information content (AvgIpc) is 3.50. The predicted molar refractivity (Wildman–Crippen MR) is 164 cm³/mol. The predicted octanol–water partition coefficient (Wildman–Crippen LogP) is 3.85. The molecule has 5 rings (SSSR count). The Morgan fingerprint density at radius 2 is 1.73 bits per heavy atom. The Kier molecular flexibility index (Phi) is 11.0. The van der Waals surface area contributed by atoms with Crippen molar-refractivity contribution in [3.8, 4) is 28.7 Å². The number of hydrogen-bond acceptors (Lipinski definition) is 11. The van der Waals surface area contributed by atoms with E-state index in [1.54, 1.807) is 45.6 Å². The molecule has 13 heteroatoms. The van der Waals surface area contributed by atoms with E-state index in [-0.39, 0.29) is 25.0 Å². The molecule has 0 saturated heterocycles. The van der Waals surface area contributed by atoms with E-state index in [2.05, 4.69) is 5.32 Å². The van der Waals surface area contributed by atoms with Gasteiger partial charge in [-0.05, 0) is 66.4 Å². The number of carbonyl (C=O) groups is 2. The minimum Gasteiger partial charge on any atom is -0.493 e. The number of carbonyl (C=O) groups excluding carboxylic acids is 2. The Bertz CT molecular complexity index is 1480. The van der Waals surface area contributed by atoms with Crippen molar-refractivity contribution in [2.45, 2.75) is 18.9 Å². The molecular formula is C31H35ClN4O8. The second kappa shape index (κ2) is 15.1. The first-order valence-electron chi connectivity index (χ1n) is 13.6. The Labute approximate surface area is 260 Å². The monoisotopic (exact) mass is 626 g/mol. The summed E-state index contributed by atoms with van der Waals surface area (Å²) in [5.41, 5.74) is 8.42. The lowest BCUT2D eigenvalue weighted by Crippen LogP contribution is -2.41. The number of fused-ring (bicyclic) bond motifs is 2. The minimum atomic E-state index is -0.505. The van der Waals surface area contributed by atoms with Crippen LogP contribution in [0.5, 0.6) is 28.7 Å². The van der Waals surface area contributed by atoms with Crippen LogP contribution in [0.25, 0.3) is 0 Å². The number of amides is 1. The second-order valence-electron chi connectivity index (χ2n) is 9.75. The highest BCUT2D eigenvalue weighted by molar-refractivity contribution is 6.30. The molecule has 0 fully saturated rings. The Balaban J connectivity index is 0.000000309. The van der Waals surface area contributed by atoms with Gasteiger partial charge in [-0.15, -0.1) is 0 Å². The molecule has 0 bridgehead atoms. The van der Waals surface area contributed by atoms with Crippen LogP contribution < -0.4 is 45.6 Å². The second-order valence-corrected chi connectivity index (χ2v) is 10.2. The van der Waals surface area contributed by atoms with Crippen LogP contribution in [-0.2, 0) is 20.7 Å². The summed E-state index contributed by atoms with van der Waals surface area (Å²) in [7, 11) is 4.77. The quantitative estimate of drug-likeness (QED) is 0.130. The average molecular weight is 627 g/mol. The van der Waals surface area contributed by atoms with Gasteiger partial charge in [0, 0.05) is 17.1 Å². The van der Waals surface area contributed by atoms with E-state index >= 15 is 0 Å². The zero-order valence-corrected chi connectivity index (χ0v) is 25.3. The number of rotatable bonds is 10. The molecule has 1 heterocycles. The molecule has 2 atom stereocenters. The maximum atomic E-state index is 12.9. The molecule has 2 aliphatic rings. The van der Waals surface area contributed by atoms with Crippen molar-refractivity contribution in [1.29, 1.82) is 0 Å². The van der Waals surface area contributed by atoms with Gasteiger partial charge >= 0.3 is 0 Å². The van der Waals surface area contributed by atoms with E-state index in [1.165, 1.54) is 11.2 Å². The van der Waals surface area contributed by atoms with Crippen LogP contribution in [0.1, 0.15) is 23.6 Å². The molecule has 3 aromatic carbocycles. The summed E-state index contributed by atoms with van der Waals surface area (Å²) in [6.45, 7) is 0.718. The first-order valence-corrected chi connectivity index (χ1v) is 14.0. The molecule has 1 aliphatic heterocycles. The van der Waals surface area contributed by atoms with Crippen molar-refractivity contribution in [2.75, 3.05) is 39.7 Å². The number of ether oxygens (including phenoxy) is 6. The Morgan fingerprint density at radius 3 is 2.36 bits per heavy atom. The van der Waals surface area contributed by atoms with Crippen molar-refractivity contribution < 1.29 is 38.0 Å². The van der Waals surface area contributed by atoms with Gasteiger partial charge in [-0.1, -0.05) is 23.7 Å². The topological polar surface area (TPSA) is 157 Å². The van der Waals surface area contributed by atoms with Gasteiger partial charge in [-0.2, -0.15) is 0 Å². The zero-order chi connectivity index (χ0) is 31.6. The van der Waals surface area contributed by atoms with Gasteiger partial charge in [0.1, 0.15) is 5.70 Å². The van der Waals surface area contributed by atoms with Crippen molar-refractivity contribution in [2.24, 2.45) is 17.5 Å². The van der Waals surface area contributed by atoms with Crippen molar-refractivity contribution in [3.63, 3.8) is 0 Å². The van der Waals surface area contributed by atoms with E-state index in [1.807, 2.05) is 30.3 Å². The van der Waals surface area contributed by atoms with Crippen LogP contribution in [0.15, 0.2) is 66.5 Å². The van der Waals surface area contributed by atoms with Gasteiger partial charge in [0.2, 0.25) is 12.5 Å². The summed E-state index contributed by atoms with van der Waals surface area (Å²) >= 11 is 5.99. The third-order valence-corrected chi connectivity index (χ3v) is 7.36. The van der Waals surface area contributed by atoms with E-state index < -0.39 is 11.9 Å². The molecule has 0 spiro atoms. The fraction of sp³-hybridized carbons (Fsp3) is 0.290. The third-order valence-electron chi connectivity index (χ3n) is 7.12. The summed E-state index contributed by atoms with van der Waals surface area (Å²) in [5, 5.41) is 4.69. The van der Waals surface area contributed by atoms with E-state index in [9.17, 15) is 9.59 Å². The summed E-state index contributed by atoms with van der Waals surface area (Å²) < 4.78 is 31.2. The van der Waals surface area contributed by atoms with Crippen LogP contribution in [0.2, 0.25) is 5.02 Å². The summed E-state index contributed by atoms with van der Waals surface area (Å²) in [5.74, 6) is 8.65. The number of benzene rings is 3. The lowest BCUT2D eigenvalue weighted by atomic mass is 9.79. The molecule has 5 N–H and O–H groups in total. The molecule has 2 unspecified atom stereocenters. The standard InChI is InChI=1S/C22H23ClN4O5.C9H12O3/c23-15-2-1-3-16(7-15)27(25)9-18(24)22(29)26-21-14(10-30-11-28)5-4-13-6-19-20(8-17(13)21)32-12-31-19;1-10-7-5-4-6-8(11-2)9(7)12-3/h1-3,6-9,11,14,21H,4-5,10,12,24-25H2,(H,26,29);4-6H,1-3H3/b18-9-;. The highest BCUT2D eigenvalue weighted by Gasteiger charge is 2.34. The molecule has 234 valence electrons. The van der Waals surface area contributed by atoms with Crippen molar-refractivity contribution in [1.82, 2.24) is 5.32 Å². The number of anilines is 1. The number of halogens is 1. The smallest absolute Gasteiger partial charge is 0.293 e. The van der Waals surface area contributed by atoms with Crippen LogP contribution in [0.4, 0.5) is 5.69 Å². The first kappa shape index (κ1) is 32.1.